The quantitative estimate of drug-likeness (QED) is 0.249. The first-order valence-corrected chi connectivity index (χ1v) is 13.7. The van der Waals surface area contributed by atoms with Gasteiger partial charge >= 0.3 is 0 Å². The van der Waals surface area contributed by atoms with Gasteiger partial charge in [-0.2, -0.15) is 0 Å². The third-order valence-corrected chi connectivity index (χ3v) is 7.95. The van der Waals surface area contributed by atoms with E-state index in [2.05, 4.69) is 162 Å². The molecule has 1 aromatic heterocycles. The Morgan fingerprint density at radius 3 is 2.00 bits per heavy atom. The van der Waals surface area contributed by atoms with E-state index in [1.165, 1.54) is 60.2 Å². The van der Waals surface area contributed by atoms with Gasteiger partial charge in [0.15, 0.2) is 0 Å². The van der Waals surface area contributed by atoms with Crippen molar-refractivity contribution in [2.75, 3.05) is 5.32 Å². The summed E-state index contributed by atoms with van der Waals surface area (Å²) in [5.41, 5.74) is 8.24. The topological polar surface area (TPSA) is 17.0 Å². The maximum atomic E-state index is 3.75. The standard InChI is InChI=1S/C38H26N2/c1-2-12-30(13-3-1)40-37-17-9-8-16-34(37)35-25-29(20-23-38(35)40)39-36-22-21-31(32-14-6-7-15-33(32)36)28-19-18-26-10-4-5-11-27(26)24-28/h1-25,39H. The first kappa shape index (κ1) is 22.6. The van der Waals surface area contributed by atoms with Gasteiger partial charge in [0.25, 0.3) is 0 Å². The van der Waals surface area contributed by atoms with Crippen LogP contribution in [0.2, 0.25) is 0 Å². The highest BCUT2D eigenvalue weighted by Crippen LogP contribution is 2.38. The molecule has 2 nitrogen and oxygen atoms in total. The molecule has 7 aromatic carbocycles. The Hall–Kier alpha value is -5.34. The Bertz CT molecular complexity index is 2190. The maximum Gasteiger partial charge on any atom is 0.0542 e. The zero-order valence-corrected chi connectivity index (χ0v) is 21.9. The molecule has 0 saturated heterocycles. The predicted octanol–water partition coefficient (Wildman–Crippen LogP) is 10.5. The molecule has 2 heteroatoms. The minimum atomic E-state index is 1.08. The first-order valence-electron chi connectivity index (χ1n) is 13.7. The van der Waals surface area contributed by atoms with Crippen LogP contribution in [-0.2, 0) is 0 Å². The van der Waals surface area contributed by atoms with E-state index >= 15 is 0 Å². The monoisotopic (exact) mass is 510 g/mol. The van der Waals surface area contributed by atoms with E-state index < -0.39 is 0 Å². The lowest BCUT2D eigenvalue weighted by molar-refractivity contribution is 1.18. The molecule has 0 spiro atoms. The second-order valence-electron chi connectivity index (χ2n) is 10.3. The summed E-state index contributed by atoms with van der Waals surface area (Å²) in [4.78, 5) is 0. The van der Waals surface area contributed by atoms with Crippen LogP contribution in [0, 0.1) is 0 Å². The van der Waals surface area contributed by atoms with Crippen molar-refractivity contribution in [2.45, 2.75) is 0 Å². The molecule has 0 fully saturated rings. The summed E-state index contributed by atoms with van der Waals surface area (Å²) in [6.07, 6.45) is 0. The highest BCUT2D eigenvalue weighted by atomic mass is 15.0. The number of nitrogens with one attached hydrogen (secondary N) is 1. The summed E-state index contributed by atoms with van der Waals surface area (Å²) in [6.45, 7) is 0. The zero-order chi connectivity index (χ0) is 26.5. The average molecular weight is 511 g/mol. The van der Waals surface area contributed by atoms with Crippen LogP contribution in [0.25, 0.3) is 60.2 Å². The SMILES string of the molecule is c1ccc(-n2c3ccccc3c3cc(Nc4ccc(-c5ccc6ccccc6c5)c5ccccc45)ccc32)cc1. The second kappa shape index (κ2) is 9.14. The summed E-state index contributed by atoms with van der Waals surface area (Å²) in [5, 5.41) is 11.2. The van der Waals surface area contributed by atoms with E-state index in [1.807, 2.05) is 0 Å². The van der Waals surface area contributed by atoms with E-state index in [1.54, 1.807) is 0 Å². The van der Waals surface area contributed by atoms with E-state index in [0.29, 0.717) is 0 Å². The van der Waals surface area contributed by atoms with Crippen LogP contribution in [0.4, 0.5) is 11.4 Å². The molecule has 8 aromatic rings. The summed E-state index contributed by atoms with van der Waals surface area (Å²) >= 11 is 0. The number of rotatable bonds is 4. The lowest BCUT2D eigenvalue weighted by atomic mass is 9.95. The minimum Gasteiger partial charge on any atom is -0.355 e. The number of aromatic nitrogens is 1. The Morgan fingerprint density at radius 1 is 0.425 bits per heavy atom. The number of nitrogens with zero attached hydrogens (tertiary/aromatic N) is 1. The van der Waals surface area contributed by atoms with Crippen molar-refractivity contribution >= 4 is 54.7 Å². The molecule has 0 atom stereocenters. The van der Waals surface area contributed by atoms with Crippen molar-refractivity contribution in [1.82, 2.24) is 4.57 Å². The minimum absolute atomic E-state index is 1.08. The van der Waals surface area contributed by atoms with Crippen molar-refractivity contribution < 1.29 is 0 Å². The van der Waals surface area contributed by atoms with Crippen molar-refractivity contribution in [3.8, 4) is 16.8 Å². The highest BCUT2D eigenvalue weighted by Gasteiger charge is 2.13. The summed E-state index contributed by atoms with van der Waals surface area (Å²) < 4.78 is 2.35. The van der Waals surface area contributed by atoms with Crippen LogP contribution >= 0.6 is 0 Å². The molecule has 1 heterocycles. The van der Waals surface area contributed by atoms with Gasteiger partial charge in [-0.3, -0.25) is 0 Å². The summed E-state index contributed by atoms with van der Waals surface area (Å²) in [7, 11) is 0. The normalized spacial score (nSPS) is 11.5. The Balaban J connectivity index is 1.24. The summed E-state index contributed by atoms with van der Waals surface area (Å²) in [5.74, 6) is 0. The number of para-hydroxylation sites is 2. The zero-order valence-electron chi connectivity index (χ0n) is 21.9. The van der Waals surface area contributed by atoms with Gasteiger partial charge in [-0.05, 0) is 75.8 Å². The van der Waals surface area contributed by atoms with Crippen LogP contribution < -0.4 is 5.32 Å². The third kappa shape index (κ3) is 3.65. The highest BCUT2D eigenvalue weighted by molar-refractivity contribution is 6.11. The molecule has 40 heavy (non-hydrogen) atoms. The number of fused-ring (bicyclic) bond motifs is 5. The molecule has 188 valence electrons. The summed E-state index contributed by atoms with van der Waals surface area (Å²) in [6, 6.07) is 54.4. The first-order chi connectivity index (χ1) is 19.8. The van der Waals surface area contributed by atoms with E-state index in [4.69, 9.17) is 0 Å². The molecule has 0 amide bonds. The molecule has 0 bridgehead atoms. The molecule has 0 aliphatic carbocycles. The van der Waals surface area contributed by atoms with Crippen LogP contribution in [0.1, 0.15) is 0 Å². The number of hydrogen-bond acceptors (Lipinski definition) is 1. The molecule has 0 saturated carbocycles. The van der Waals surface area contributed by atoms with Gasteiger partial charge in [0, 0.05) is 33.2 Å². The molecular formula is C38H26N2. The second-order valence-corrected chi connectivity index (χ2v) is 10.3. The fourth-order valence-electron chi connectivity index (χ4n) is 6.08. The van der Waals surface area contributed by atoms with Gasteiger partial charge in [0.1, 0.15) is 0 Å². The van der Waals surface area contributed by atoms with Gasteiger partial charge < -0.3 is 9.88 Å². The lowest BCUT2D eigenvalue weighted by Crippen LogP contribution is -1.94. The van der Waals surface area contributed by atoms with Crippen LogP contribution in [0.3, 0.4) is 0 Å². The third-order valence-electron chi connectivity index (χ3n) is 7.95. The van der Waals surface area contributed by atoms with E-state index in [9.17, 15) is 0 Å². The lowest BCUT2D eigenvalue weighted by Gasteiger charge is -2.14. The fraction of sp³-hybridized carbons (Fsp3) is 0. The molecule has 8 rings (SSSR count). The van der Waals surface area contributed by atoms with Gasteiger partial charge in [-0.25, -0.2) is 0 Å². The van der Waals surface area contributed by atoms with Gasteiger partial charge in [0.05, 0.1) is 11.0 Å². The van der Waals surface area contributed by atoms with Crippen LogP contribution in [0.5, 0.6) is 0 Å². The molecular weight excluding hydrogens is 484 g/mol. The maximum absolute atomic E-state index is 3.75. The smallest absolute Gasteiger partial charge is 0.0542 e. The van der Waals surface area contributed by atoms with Crippen LogP contribution in [0.15, 0.2) is 152 Å². The van der Waals surface area contributed by atoms with Gasteiger partial charge in [-0.1, -0.05) is 103 Å². The van der Waals surface area contributed by atoms with Crippen LogP contribution in [-0.4, -0.2) is 4.57 Å². The Morgan fingerprint density at radius 2 is 1.12 bits per heavy atom. The largest absolute Gasteiger partial charge is 0.355 e. The van der Waals surface area contributed by atoms with Crippen molar-refractivity contribution in [3.63, 3.8) is 0 Å². The Labute approximate surface area is 232 Å². The average Bonchev–Trinajstić information content (AvgIpc) is 3.35. The molecule has 0 radical (unpaired) electrons. The number of hydrogen-bond donors (Lipinski definition) is 1. The van der Waals surface area contributed by atoms with Crippen molar-refractivity contribution in [1.29, 1.82) is 0 Å². The van der Waals surface area contributed by atoms with Crippen molar-refractivity contribution in [2.24, 2.45) is 0 Å². The van der Waals surface area contributed by atoms with E-state index in [-0.39, 0.29) is 0 Å². The molecule has 0 aliphatic rings. The Kier molecular flexibility index (Phi) is 5.17. The number of benzene rings is 7. The fourth-order valence-corrected chi connectivity index (χ4v) is 6.08. The predicted molar refractivity (Wildman–Crippen MR) is 171 cm³/mol. The molecule has 0 unspecified atom stereocenters. The molecule has 1 N–H and O–H groups in total. The van der Waals surface area contributed by atoms with Gasteiger partial charge in [0.2, 0.25) is 0 Å². The van der Waals surface area contributed by atoms with Gasteiger partial charge in [-0.15, -0.1) is 0 Å². The number of anilines is 2. The van der Waals surface area contributed by atoms with Crippen molar-refractivity contribution in [3.05, 3.63) is 152 Å². The van der Waals surface area contributed by atoms with E-state index in [0.717, 1.165) is 11.4 Å². The molecule has 0 aliphatic heterocycles.